The Kier molecular flexibility index (Phi) is 11.5. The van der Waals surface area contributed by atoms with Gasteiger partial charge in [0.1, 0.15) is 5.82 Å². The summed E-state index contributed by atoms with van der Waals surface area (Å²) in [4.78, 5) is 31.1. The van der Waals surface area contributed by atoms with Crippen molar-refractivity contribution in [1.29, 1.82) is 0 Å². The maximum Gasteiger partial charge on any atom is 0.230 e. The number of hydrogen-bond acceptors (Lipinski definition) is 9. The van der Waals surface area contributed by atoms with E-state index in [1.54, 1.807) is 0 Å². The monoisotopic (exact) mass is 656 g/mol. The highest BCUT2D eigenvalue weighted by Gasteiger charge is 2.50. The first kappa shape index (κ1) is 36.7. The van der Waals surface area contributed by atoms with Gasteiger partial charge in [-0.1, -0.05) is 51.9 Å². The number of nitrogens with one attached hydrogen (secondary N) is 1. The molecule has 0 spiro atoms. The SMILES string of the molecule is CCCCN(c1nc(C)nc(NC2CC(C)(C)N(OC3CCCCC3)C(C)(C)C2)n1)C1CC(C)(C)N(OC2CCCCC2)C(C)(C)C1. The normalized spacial score (nSPS) is 26.3. The minimum Gasteiger partial charge on any atom is -0.351 e. The Balaban J connectivity index is 1.33. The van der Waals surface area contributed by atoms with Crippen LogP contribution < -0.4 is 10.2 Å². The summed E-state index contributed by atoms with van der Waals surface area (Å²) in [6.07, 6.45) is 19.4. The largest absolute Gasteiger partial charge is 0.351 e. The van der Waals surface area contributed by atoms with Crippen LogP contribution >= 0.6 is 0 Å². The summed E-state index contributed by atoms with van der Waals surface area (Å²) in [6.45, 7) is 24.0. The average molecular weight is 656 g/mol. The van der Waals surface area contributed by atoms with Gasteiger partial charge in [-0.25, -0.2) is 0 Å². The molecule has 0 bridgehead atoms. The van der Waals surface area contributed by atoms with Gasteiger partial charge in [0.15, 0.2) is 0 Å². The van der Waals surface area contributed by atoms with E-state index in [4.69, 9.17) is 24.6 Å². The maximum absolute atomic E-state index is 6.84. The Labute approximate surface area is 287 Å². The summed E-state index contributed by atoms with van der Waals surface area (Å²) < 4.78 is 0. The molecule has 9 nitrogen and oxygen atoms in total. The molecule has 47 heavy (non-hydrogen) atoms. The Morgan fingerprint density at radius 2 is 1.15 bits per heavy atom. The van der Waals surface area contributed by atoms with Gasteiger partial charge in [0.25, 0.3) is 0 Å². The molecule has 2 saturated carbocycles. The smallest absolute Gasteiger partial charge is 0.230 e. The molecule has 9 heteroatoms. The second-order valence-corrected chi connectivity index (χ2v) is 17.9. The molecule has 2 saturated heterocycles. The maximum atomic E-state index is 6.84. The third-order valence-electron chi connectivity index (χ3n) is 11.3. The summed E-state index contributed by atoms with van der Waals surface area (Å²) in [5.74, 6) is 2.28. The van der Waals surface area contributed by atoms with Crippen LogP contribution in [0.1, 0.15) is 171 Å². The Hall–Kier alpha value is -1.55. The van der Waals surface area contributed by atoms with Crippen LogP contribution in [0.25, 0.3) is 0 Å². The Morgan fingerprint density at radius 1 is 0.681 bits per heavy atom. The molecule has 0 aromatic carbocycles. The minimum atomic E-state index is -0.111. The van der Waals surface area contributed by atoms with Crippen molar-refractivity contribution in [2.24, 2.45) is 0 Å². The summed E-state index contributed by atoms with van der Waals surface area (Å²) in [7, 11) is 0. The van der Waals surface area contributed by atoms with Gasteiger partial charge in [0.2, 0.25) is 11.9 Å². The van der Waals surface area contributed by atoms with Crippen LogP contribution in [0.5, 0.6) is 0 Å². The van der Waals surface area contributed by atoms with Gasteiger partial charge in [-0.2, -0.15) is 25.1 Å². The number of aryl methyl sites for hydroxylation is 1. The fourth-order valence-electron chi connectivity index (χ4n) is 9.62. The van der Waals surface area contributed by atoms with Crippen molar-refractivity contribution < 1.29 is 9.68 Å². The molecule has 2 aliphatic heterocycles. The number of piperidine rings is 2. The van der Waals surface area contributed by atoms with Gasteiger partial charge >= 0.3 is 0 Å². The first-order valence-corrected chi connectivity index (χ1v) is 19.3. The molecule has 5 rings (SSSR count). The number of hydrogen-bond donors (Lipinski definition) is 1. The van der Waals surface area contributed by atoms with E-state index in [9.17, 15) is 0 Å². The topological polar surface area (TPSA) is 78.9 Å². The van der Waals surface area contributed by atoms with Gasteiger partial charge < -0.3 is 10.2 Å². The van der Waals surface area contributed by atoms with E-state index < -0.39 is 0 Å². The van der Waals surface area contributed by atoms with Gasteiger partial charge in [0.05, 0.1) is 12.2 Å². The van der Waals surface area contributed by atoms with E-state index in [2.05, 4.69) is 82.7 Å². The second kappa shape index (κ2) is 14.7. The van der Waals surface area contributed by atoms with Crippen molar-refractivity contribution in [3.05, 3.63) is 5.82 Å². The van der Waals surface area contributed by atoms with E-state index in [1.807, 2.05) is 6.92 Å². The third kappa shape index (κ3) is 8.98. The first-order valence-electron chi connectivity index (χ1n) is 19.3. The Bertz CT molecular complexity index is 1120. The van der Waals surface area contributed by atoms with Crippen LogP contribution in [-0.2, 0) is 9.68 Å². The van der Waals surface area contributed by atoms with Crippen LogP contribution in [0.2, 0.25) is 0 Å². The molecule has 1 aromatic heterocycles. The van der Waals surface area contributed by atoms with E-state index in [-0.39, 0.29) is 28.2 Å². The van der Waals surface area contributed by atoms with Crippen LogP contribution in [0.3, 0.4) is 0 Å². The van der Waals surface area contributed by atoms with Crippen LogP contribution in [0.15, 0.2) is 0 Å². The molecular weight excluding hydrogens is 586 g/mol. The van der Waals surface area contributed by atoms with Crippen molar-refractivity contribution in [1.82, 2.24) is 25.1 Å². The molecule has 2 aliphatic carbocycles. The van der Waals surface area contributed by atoms with E-state index >= 15 is 0 Å². The lowest BCUT2D eigenvalue weighted by Gasteiger charge is -2.56. The third-order valence-corrected chi connectivity index (χ3v) is 11.3. The van der Waals surface area contributed by atoms with Crippen molar-refractivity contribution in [2.75, 3.05) is 16.8 Å². The number of anilines is 2. The molecule has 4 fully saturated rings. The zero-order valence-electron chi connectivity index (χ0n) is 31.8. The number of hydroxylamine groups is 4. The number of unbranched alkanes of at least 4 members (excludes halogenated alkanes) is 1. The highest BCUT2D eigenvalue weighted by molar-refractivity contribution is 5.40. The molecule has 1 N–H and O–H groups in total. The quantitative estimate of drug-likeness (QED) is 0.252. The molecule has 3 heterocycles. The molecular formula is C38H69N7O2. The van der Waals surface area contributed by atoms with E-state index in [1.165, 1.54) is 64.2 Å². The standard InChI is InChI=1S/C38H69N7O2/c1-11-12-23-43(30-26-37(7,8)45(38(9,10)27-30)47-32-21-17-14-18-22-32)34-40-28(2)39-33(42-34)41-29-24-35(3,4)44(36(5,6)25-29)46-31-19-15-13-16-20-31/h29-32H,11-27H2,1-10H3,(H,39,40,41,42). The van der Waals surface area contributed by atoms with Gasteiger partial charge in [-0.3, -0.25) is 9.68 Å². The molecule has 0 unspecified atom stereocenters. The summed E-state index contributed by atoms with van der Waals surface area (Å²) in [6, 6.07) is 0.549. The predicted octanol–water partition coefficient (Wildman–Crippen LogP) is 8.77. The summed E-state index contributed by atoms with van der Waals surface area (Å²) in [5.41, 5.74) is -0.440. The number of rotatable bonds is 11. The zero-order chi connectivity index (χ0) is 34.0. The van der Waals surface area contributed by atoms with Crippen LogP contribution in [0, 0.1) is 6.92 Å². The van der Waals surface area contributed by atoms with Gasteiger partial charge in [0, 0.05) is 40.8 Å². The summed E-state index contributed by atoms with van der Waals surface area (Å²) in [5, 5.41) is 8.49. The summed E-state index contributed by atoms with van der Waals surface area (Å²) >= 11 is 0. The van der Waals surface area contributed by atoms with Crippen LogP contribution in [0.4, 0.5) is 11.9 Å². The lowest BCUT2D eigenvalue weighted by Crippen LogP contribution is -2.65. The lowest BCUT2D eigenvalue weighted by molar-refractivity contribution is -0.310. The van der Waals surface area contributed by atoms with Crippen molar-refractivity contribution in [3.63, 3.8) is 0 Å². The molecule has 1 aromatic rings. The van der Waals surface area contributed by atoms with Gasteiger partial charge in [-0.05, 0) is 120 Å². The number of aromatic nitrogens is 3. The van der Waals surface area contributed by atoms with Crippen molar-refractivity contribution in [2.45, 2.75) is 218 Å². The fraction of sp³-hybridized carbons (Fsp3) is 0.921. The minimum absolute atomic E-state index is 0.109. The molecule has 0 radical (unpaired) electrons. The average Bonchev–Trinajstić information content (AvgIpc) is 2.97. The van der Waals surface area contributed by atoms with Crippen molar-refractivity contribution >= 4 is 11.9 Å². The molecule has 4 aliphatic rings. The van der Waals surface area contributed by atoms with Crippen molar-refractivity contribution in [3.8, 4) is 0 Å². The highest BCUT2D eigenvalue weighted by Crippen LogP contribution is 2.44. The van der Waals surface area contributed by atoms with E-state index in [0.29, 0.717) is 24.2 Å². The Morgan fingerprint density at radius 3 is 1.62 bits per heavy atom. The van der Waals surface area contributed by atoms with Gasteiger partial charge in [-0.15, -0.1) is 0 Å². The second-order valence-electron chi connectivity index (χ2n) is 17.9. The fourth-order valence-corrected chi connectivity index (χ4v) is 9.62. The first-order chi connectivity index (χ1) is 22.1. The van der Waals surface area contributed by atoms with Crippen LogP contribution in [-0.4, -0.2) is 78.1 Å². The highest BCUT2D eigenvalue weighted by atomic mass is 16.7. The zero-order valence-corrected chi connectivity index (χ0v) is 31.8. The van der Waals surface area contributed by atoms with E-state index in [0.717, 1.165) is 56.8 Å². The predicted molar refractivity (Wildman–Crippen MR) is 192 cm³/mol. The lowest BCUT2D eigenvalue weighted by atomic mass is 9.78. The molecule has 0 amide bonds. The molecule has 268 valence electrons. The number of nitrogens with zero attached hydrogens (tertiary/aromatic N) is 6. The molecule has 0 atom stereocenters.